The van der Waals surface area contributed by atoms with Crippen molar-refractivity contribution in [3.63, 3.8) is 0 Å². The van der Waals surface area contributed by atoms with Crippen molar-refractivity contribution < 1.29 is 9.59 Å². The van der Waals surface area contributed by atoms with Crippen LogP contribution in [0.4, 0.5) is 0 Å². The summed E-state index contributed by atoms with van der Waals surface area (Å²) in [6.45, 7) is 2.20. The van der Waals surface area contributed by atoms with Gasteiger partial charge >= 0.3 is 0 Å². The Morgan fingerprint density at radius 1 is 1.50 bits per heavy atom. The van der Waals surface area contributed by atoms with E-state index in [1.165, 1.54) is 4.90 Å². The van der Waals surface area contributed by atoms with E-state index in [9.17, 15) is 9.59 Å². The minimum Gasteiger partial charge on any atom is -0.368 e. The highest BCUT2D eigenvalue weighted by molar-refractivity contribution is 5.89. The van der Waals surface area contributed by atoms with Crippen molar-refractivity contribution in [1.29, 1.82) is 0 Å². The topological polar surface area (TPSA) is 89.4 Å². The van der Waals surface area contributed by atoms with Crippen LogP contribution in [0.5, 0.6) is 0 Å². The number of carbonyl (C=O) groups excluding carboxylic acids is 2. The molecule has 0 saturated carbocycles. The first-order valence-corrected chi connectivity index (χ1v) is 4.39. The van der Waals surface area contributed by atoms with Crippen LogP contribution in [0, 0.1) is 0 Å². The Balaban J connectivity index is 0.00000169. The highest BCUT2D eigenvalue weighted by Crippen LogP contribution is 2.17. The summed E-state index contributed by atoms with van der Waals surface area (Å²) in [6, 6.07) is -1.00. The maximum absolute atomic E-state index is 11.5. The molecule has 0 spiro atoms. The Kier molecular flexibility index (Phi) is 4.87. The van der Waals surface area contributed by atoms with E-state index in [1.54, 1.807) is 6.92 Å². The zero-order valence-corrected chi connectivity index (χ0v) is 8.92. The molecule has 6 heteroatoms. The maximum atomic E-state index is 11.5. The molecule has 0 aliphatic carbocycles. The van der Waals surface area contributed by atoms with E-state index in [1.807, 2.05) is 0 Å². The fourth-order valence-electron chi connectivity index (χ4n) is 1.59. The van der Waals surface area contributed by atoms with Crippen molar-refractivity contribution in [3.05, 3.63) is 0 Å². The largest absolute Gasteiger partial charge is 0.368 e. The van der Waals surface area contributed by atoms with E-state index < -0.39 is 18.0 Å². The fourth-order valence-corrected chi connectivity index (χ4v) is 1.59. The molecular weight excluding hydrogens is 206 g/mol. The minimum absolute atomic E-state index is 0. The number of nitrogens with zero attached hydrogens (tertiary/aromatic N) is 1. The number of hydrogen-bond acceptors (Lipinski definition) is 3. The lowest BCUT2D eigenvalue weighted by Crippen LogP contribution is -2.49. The molecule has 0 radical (unpaired) electrons. The van der Waals surface area contributed by atoms with E-state index in [0.717, 1.165) is 6.42 Å². The second kappa shape index (κ2) is 5.17. The molecule has 82 valence electrons. The lowest BCUT2D eigenvalue weighted by molar-refractivity contribution is -0.138. The average molecular weight is 222 g/mol. The second-order valence-corrected chi connectivity index (χ2v) is 3.38. The van der Waals surface area contributed by atoms with Gasteiger partial charge in [0.2, 0.25) is 11.8 Å². The van der Waals surface area contributed by atoms with E-state index >= 15 is 0 Å². The van der Waals surface area contributed by atoms with Crippen molar-refractivity contribution in [2.24, 2.45) is 11.5 Å². The second-order valence-electron chi connectivity index (χ2n) is 3.38. The van der Waals surface area contributed by atoms with Crippen molar-refractivity contribution >= 4 is 24.2 Å². The zero-order valence-electron chi connectivity index (χ0n) is 8.10. The molecule has 2 atom stereocenters. The number of halogens is 1. The van der Waals surface area contributed by atoms with E-state index in [4.69, 9.17) is 11.5 Å². The molecule has 1 fully saturated rings. The smallest absolute Gasteiger partial charge is 0.240 e. The van der Waals surface area contributed by atoms with Crippen LogP contribution in [0.15, 0.2) is 0 Å². The van der Waals surface area contributed by atoms with Crippen molar-refractivity contribution in [2.45, 2.75) is 31.8 Å². The van der Waals surface area contributed by atoms with Crippen LogP contribution in [0.25, 0.3) is 0 Å². The molecule has 5 nitrogen and oxygen atoms in total. The van der Waals surface area contributed by atoms with Gasteiger partial charge < -0.3 is 16.4 Å². The Morgan fingerprint density at radius 2 is 2.07 bits per heavy atom. The molecule has 2 amide bonds. The molecule has 1 heterocycles. The number of carbonyl (C=O) groups is 2. The fraction of sp³-hybridized carbons (Fsp3) is 0.750. The van der Waals surface area contributed by atoms with Crippen LogP contribution in [-0.4, -0.2) is 35.3 Å². The Labute approximate surface area is 89.2 Å². The van der Waals surface area contributed by atoms with Crippen molar-refractivity contribution in [2.75, 3.05) is 6.54 Å². The minimum atomic E-state index is -0.556. The quantitative estimate of drug-likeness (QED) is 0.642. The summed E-state index contributed by atoms with van der Waals surface area (Å²) < 4.78 is 0. The third-order valence-corrected chi connectivity index (χ3v) is 2.25. The molecule has 0 unspecified atom stereocenters. The first kappa shape index (κ1) is 13.2. The van der Waals surface area contributed by atoms with Crippen LogP contribution in [-0.2, 0) is 9.59 Å². The summed E-state index contributed by atoms with van der Waals surface area (Å²) in [5.74, 6) is -0.632. The van der Waals surface area contributed by atoms with E-state index in [0.29, 0.717) is 13.0 Å². The number of rotatable bonds is 2. The van der Waals surface area contributed by atoms with Crippen molar-refractivity contribution in [3.8, 4) is 0 Å². The maximum Gasteiger partial charge on any atom is 0.240 e. The molecule has 1 aliphatic rings. The van der Waals surface area contributed by atoms with Gasteiger partial charge in [0, 0.05) is 6.54 Å². The van der Waals surface area contributed by atoms with Gasteiger partial charge in [-0.05, 0) is 19.8 Å². The Morgan fingerprint density at radius 3 is 2.50 bits per heavy atom. The van der Waals surface area contributed by atoms with Gasteiger partial charge in [0.1, 0.15) is 6.04 Å². The first-order chi connectivity index (χ1) is 6.04. The third kappa shape index (κ3) is 2.59. The molecule has 1 aliphatic heterocycles. The van der Waals surface area contributed by atoms with Crippen LogP contribution < -0.4 is 11.5 Å². The van der Waals surface area contributed by atoms with E-state index in [2.05, 4.69) is 0 Å². The average Bonchev–Trinajstić information content (AvgIpc) is 2.50. The highest BCUT2D eigenvalue weighted by Gasteiger charge is 2.33. The van der Waals surface area contributed by atoms with Crippen LogP contribution >= 0.6 is 12.4 Å². The SMILES string of the molecule is C[C@@H](N)C(=O)N1CCC[C@@H]1C(N)=O.Cl. The van der Waals surface area contributed by atoms with Gasteiger partial charge in [0.05, 0.1) is 6.04 Å². The van der Waals surface area contributed by atoms with Gasteiger partial charge in [-0.25, -0.2) is 0 Å². The molecular formula is C8H16ClN3O2. The van der Waals surface area contributed by atoms with Crippen LogP contribution in [0.1, 0.15) is 19.8 Å². The predicted molar refractivity (Wildman–Crippen MR) is 54.8 cm³/mol. The van der Waals surface area contributed by atoms with Gasteiger partial charge in [0.25, 0.3) is 0 Å². The van der Waals surface area contributed by atoms with Gasteiger partial charge in [-0.15, -0.1) is 12.4 Å². The molecule has 0 bridgehead atoms. The normalized spacial score (nSPS) is 22.7. The summed E-state index contributed by atoms with van der Waals surface area (Å²) >= 11 is 0. The monoisotopic (exact) mass is 221 g/mol. The highest BCUT2D eigenvalue weighted by atomic mass is 35.5. The molecule has 0 aromatic carbocycles. The summed E-state index contributed by atoms with van der Waals surface area (Å²) in [6.07, 6.45) is 1.49. The summed E-state index contributed by atoms with van der Waals surface area (Å²) in [4.78, 5) is 23.9. The number of nitrogens with two attached hydrogens (primary N) is 2. The summed E-state index contributed by atoms with van der Waals surface area (Å²) in [5.41, 5.74) is 10.6. The number of hydrogen-bond donors (Lipinski definition) is 2. The van der Waals surface area contributed by atoms with Gasteiger partial charge in [-0.2, -0.15) is 0 Å². The molecule has 1 rings (SSSR count). The van der Waals surface area contributed by atoms with Gasteiger partial charge in [-0.3, -0.25) is 9.59 Å². The van der Waals surface area contributed by atoms with Gasteiger partial charge in [0.15, 0.2) is 0 Å². The summed E-state index contributed by atoms with van der Waals surface area (Å²) in [5, 5.41) is 0. The van der Waals surface area contributed by atoms with E-state index in [-0.39, 0.29) is 18.3 Å². The molecule has 1 saturated heterocycles. The van der Waals surface area contributed by atoms with Gasteiger partial charge in [-0.1, -0.05) is 0 Å². The Hall–Kier alpha value is -0.810. The first-order valence-electron chi connectivity index (χ1n) is 4.39. The molecule has 0 aromatic heterocycles. The number of primary amides is 1. The van der Waals surface area contributed by atoms with Crippen LogP contribution in [0.3, 0.4) is 0 Å². The molecule has 14 heavy (non-hydrogen) atoms. The number of likely N-dealkylation sites (tertiary alicyclic amines) is 1. The summed E-state index contributed by atoms with van der Waals surface area (Å²) in [7, 11) is 0. The number of amides is 2. The molecule has 0 aromatic rings. The third-order valence-electron chi connectivity index (χ3n) is 2.25. The molecule has 4 N–H and O–H groups in total. The lowest BCUT2D eigenvalue weighted by Gasteiger charge is -2.23. The zero-order chi connectivity index (χ0) is 10.0. The predicted octanol–water partition coefficient (Wildman–Crippen LogP) is -0.768. The van der Waals surface area contributed by atoms with Crippen molar-refractivity contribution in [1.82, 2.24) is 4.90 Å². The Bertz CT molecular complexity index is 233. The van der Waals surface area contributed by atoms with Crippen LogP contribution in [0.2, 0.25) is 0 Å². The standard InChI is InChI=1S/C8H15N3O2.ClH/c1-5(9)8(13)11-4-2-3-6(11)7(10)12;/h5-6H,2-4,9H2,1H3,(H2,10,12);1H/t5-,6-;/m1./s1. The lowest BCUT2D eigenvalue weighted by atomic mass is 10.2.